The number of ether oxygens (including phenoxy) is 1. The van der Waals surface area contributed by atoms with E-state index in [0.717, 1.165) is 12.0 Å². The Morgan fingerprint density at radius 1 is 1.42 bits per heavy atom. The quantitative estimate of drug-likeness (QED) is 0.659. The molecule has 0 aliphatic rings. The summed E-state index contributed by atoms with van der Waals surface area (Å²) in [6.45, 7) is 3.78. The summed E-state index contributed by atoms with van der Waals surface area (Å²) >= 11 is 0. The van der Waals surface area contributed by atoms with Crippen molar-refractivity contribution in [3.63, 3.8) is 0 Å². The van der Waals surface area contributed by atoms with Crippen molar-refractivity contribution in [2.24, 2.45) is 0 Å². The van der Waals surface area contributed by atoms with Crippen LogP contribution in [-0.4, -0.2) is 7.11 Å². The highest BCUT2D eigenvalue weighted by Crippen LogP contribution is 2.22. The average molecular weight is 168 g/mol. The maximum atomic E-state index is 13.0. The van der Waals surface area contributed by atoms with Crippen LogP contribution in [0.25, 0.3) is 0 Å². The monoisotopic (exact) mass is 168 g/mol. The van der Waals surface area contributed by atoms with E-state index in [-0.39, 0.29) is 5.82 Å². The second kappa shape index (κ2) is 3.57. The van der Waals surface area contributed by atoms with Crippen LogP contribution in [0.5, 0.6) is 5.75 Å². The van der Waals surface area contributed by atoms with Gasteiger partial charge in [0.2, 0.25) is 0 Å². The van der Waals surface area contributed by atoms with Gasteiger partial charge in [-0.1, -0.05) is 6.92 Å². The molecule has 0 aliphatic carbocycles. The van der Waals surface area contributed by atoms with Crippen molar-refractivity contribution in [1.29, 1.82) is 0 Å². The molecule has 1 aromatic carbocycles. The van der Waals surface area contributed by atoms with Crippen LogP contribution in [0.2, 0.25) is 0 Å². The van der Waals surface area contributed by atoms with Crippen molar-refractivity contribution in [2.45, 2.75) is 20.3 Å². The summed E-state index contributed by atoms with van der Waals surface area (Å²) in [5, 5.41) is 0. The van der Waals surface area contributed by atoms with Crippen LogP contribution >= 0.6 is 0 Å². The van der Waals surface area contributed by atoms with Gasteiger partial charge in [-0.25, -0.2) is 4.39 Å². The molecule has 0 heterocycles. The van der Waals surface area contributed by atoms with Gasteiger partial charge in [-0.15, -0.1) is 0 Å². The predicted molar refractivity (Wildman–Crippen MR) is 47.1 cm³/mol. The van der Waals surface area contributed by atoms with E-state index in [2.05, 4.69) is 0 Å². The molecule has 2 heteroatoms. The maximum absolute atomic E-state index is 13.0. The van der Waals surface area contributed by atoms with Crippen molar-refractivity contribution < 1.29 is 9.13 Å². The van der Waals surface area contributed by atoms with Gasteiger partial charge in [-0.3, -0.25) is 0 Å². The fraction of sp³-hybridized carbons (Fsp3) is 0.400. The summed E-state index contributed by atoms with van der Waals surface area (Å²) in [6.07, 6.45) is 0.865. The second-order valence-corrected chi connectivity index (χ2v) is 2.77. The van der Waals surface area contributed by atoms with Gasteiger partial charge in [0.1, 0.15) is 11.6 Å². The van der Waals surface area contributed by atoms with Crippen LogP contribution in [0.3, 0.4) is 0 Å². The Morgan fingerprint density at radius 3 is 2.58 bits per heavy atom. The molecule has 0 fully saturated rings. The van der Waals surface area contributed by atoms with Crippen LogP contribution in [0, 0.1) is 12.7 Å². The first-order chi connectivity index (χ1) is 5.69. The smallest absolute Gasteiger partial charge is 0.129 e. The SMILES string of the molecule is CCc1cc(C)c(F)cc1OC. The minimum Gasteiger partial charge on any atom is -0.496 e. The van der Waals surface area contributed by atoms with Gasteiger partial charge in [0.25, 0.3) is 0 Å². The summed E-state index contributed by atoms with van der Waals surface area (Å²) in [5.74, 6) is 0.435. The van der Waals surface area contributed by atoms with Crippen LogP contribution in [0.15, 0.2) is 12.1 Å². The third-order valence-electron chi connectivity index (χ3n) is 1.94. The van der Waals surface area contributed by atoms with Crippen LogP contribution in [-0.2, 0) is 6.42 Å². The van der Waals surface area contributed by atoms with Gasteiger partial charge >= 0.3 is 0 Å². The Hall–Kier alpha value is -1.05. The molecular formula is C10H13FO. The van der Waals surface area contributed by atoms with Crippen molar-refractivity contribution in [1.82, 2.24) is 0 Å². The van der Waals surface area contributed by atoms with Gasteiger partial charge in [-0.2, -0.15) is 0 Å². The molecule has 0 aliphatic heterocycles. The lowest BCUT2D eigenvalue weighted by Crippen LogP contribution is -1.93. The summed E-state index contributed by atoms with van der Waals surface area (Å²) < 4.78 is 18.0. The van der Waals surface area contributed by atoms with Gasteiger partial charge in [-0.05, 0) is 30.5 Å². The fourth-order valence-electron chi connectivity index (χ4n) is 1.19. The molecule has 1 rings (SSSR count). The molecule has 0 spiro atoms. The molecule has 1 nitrogen and oxygen atoms in total. The van der Waals surface area contributed by atoms with Crippen molar-refractivity contribution in [3.8, 4) is 5.75 Å². The summed E-state index contributed by atoms with van der Waals surface area (Å²) in [5.41, 5.74) is 1.73. The second-order valence-electron chi connectivity index (χ2n) is 2.77. The Kier molecular flexibility index (Phi) is 2.69. The first kappa shape index (κ1) is 9.04. The van der Waals surface area contributed by atoms with E-state index in [4.69, 9.17) is 4.74 Å². The van der Waals surface area contributed by atoms with E-state index in [1.165, 1.54) is 6.07 Å². The minimum absolute atomic E-state index is 0.205. The van der Waals surface area contributed by atoms with E-state index in [9.17, 15) is 4.39 Å². The number of benzene rings is 1. The molecule has 12 heavy (non-hydrogen) atoms. The third kappa shape index (κ3) is 1.58. The molecule has 0 radical (unpaired) electrons. The van der Waals surface area contributed by atoms with Gasteiger partial charge in [0.05, 0.1) is 7.11 Å². The van der Waals surface area contributed by atoms with E-state index < -0.39 is 0 Å². The number of aryl methyl sites for hydroxylation is 2. The number of halogens is 1. The molecule has 0 N–H and O–H groups in total. The molecule has 66 valence electrons. The predicted octanol–water partition coefficient (Wildman–Crippen LogP) is 2.71. The molecule has 0 saturated carbocycles. The van der Waals surface area contributed by atoms with E-state index >= 15 is 0 Å². The Balaban J connectivity index is 3.19. The van der Waals surface area contributed by atoms with Gasteiger partial charge in [0.15, 0.2) is 0 Å². The lowest BCUT2D eigenvalue weighted by atomic mass is 10.1. The maximum Gasteiger partial charge on any atom is 0.129 e. The van der Waals surface area contributed by atoms with Gasteiger partial charge in [0, 0.05) is 6.07 Å². The number of hydrogen-bond donors (Lipinski definition) is 0. The van der Waals surface area contributed by atoms with Crippen molar-refractivity contribution in [2.75, 3.05) is 7.11 Å². The first-order valence-corrected chi connectivity index (χ1v) is 4.02. The van der Waals surface area contributed by atoms with E-state index in [0.29, 0.717) is 11.3 Å². The standard InChI is InChI=1S/C10H13FO/c1-4-8-5-7(2)9(11)6-10(8)12-3/h5-6H,4H2,1-3H3. The average Bonchev–Trinajstić information content (AvgIpc) is 2.09. The summed E-state index contributed by atoms with van der Waals surface area (Å²) in [6, 6.07) is 3.27. The minimum atomic E-state index is -0.205. The highest BCUT2D eigenvalue weighted by atomic mass is 19.1. The number of hydrogen-bond acceptors (Lipinski definition) is 1. The largest absolute Gasteiger partial charge is 0.496 e. The molecule has 0 saturated heterocycles. The third-order valence-corrected chi connectivity index (χ3v) is 1.94. The van der Waals surface area contributed by atoms with Gasteiger partial charge < -0.3 is 4.74 Å². The zero-order chi connectivity index (χ0) is 9.14. The lowest BCUT2D eigenvalue weighted by Gasteiger charge is -2.07. The molecule has 1 aromatic rings. The molecule has 0 amide bonds. The molecule has 0 atom stereocenters. The van der Waals surface area contributed by atoms with E-state index in [1.807, 2.05) is 13.0 Å². The lowest BCUT2D eigenvalue weighted by molar-refractivity contribution is 0.406. The highest BCUT2D eigenvalue weighted by molar-refractivity contribution is 5.37. The molecule has 0 unspecified atom stereocenters. The fourth-order valence-corrected chi connectivity index (χ4v) is 1.19. The summed E-state index contributed by atoms with van der Waals surface area (Å²) in [4.78, 5) is 0. The normalized spacial score (nSPS) is 10.0. The Bertz CT molecular complexity index is 252. The number of methoxy groups -OCH3 is 1. The molecule has 0 aromatic heterocycles. The Morgan fingerprint density at radius 2 is 2.08 bits per heavy atom. The van der Waals surface area contributed by atoms with Crippen LogP contribution in [0.4, 0.5) is 4.39 Å². The van der Waals surface area contributed by atoms with Crippen molar-refractivity contribution >= 4 is 0 Å². The molecular weight excluding hydrogens is 155 g/mol. The van der Waals surface area contributed by atoms with Crippen molar-refractivity contribution in [3.05, 3.63) is 29.1 Å². The zero-order valence-corrected chi connectivity index (χ0v) is 7.65. The number of rotatable bonds is 2. The summed E-state index contributed by atoms with van der Waals surface area (Å²) in [7, 11) is 1.56. The van der Waals surface area contributed by atoms with Crippen LogP contribution in [0.1, 0.15) is 18.1 Å². The Labute approximate surface area is 72.2 Å². The topological polar surface area (TPSA) is 9.23 Å². The van der Waals surface area contributed by atoms with Crippen LogP contribution < -0.4 is 4.74 Å². The van der Waals surface area contributed by atoms with E-state index in [1.54, 1.807) is 14.0 Å². The highest BCUT2D eigenvalue weighted by Gasteiger charge is 2.05. The molecule has 0 bridgehead atoms. The first-order valence-electron chi connectivity index (χ1n) is 4.02. The zero-order valence-electron chi connectivity index (χ0n) is 7.65.